The molecule has 482 valence electrons. The van der Waals surface area contributed by atoms with Crippen LogP contribution >= 0.6 is 0 Å². The summed E-state index contributed by atoms with van der Waals surface area (Å²) < 4.78 is 0. The van der Waals surface area contributed by atoms with E-state index in [1.54, 1.807) is 0 Å². The number of carbonyl (C=O) groups is 1. The van der Waals surface area contributed by atoms with Crippen LogP contribution < -0.4 is 5.32 Å². The quantitative estimate of drug-likeness (QED) is 0.0420. The molecule has 0 fully saturated rings. The number of rotatable bonds is 72. The maximum absolute atomic E-state index is 12.6. The zero-order valence-corrected chi connectivity index (χ0v) is 55.9. The van der Waals surface area contributed by atoms with Crippen molar-refractivity contribution in [1.29, 1.82) is 0 Å². The average molecular weight is 1140 g/mol. The van der Waals surface area contributed by atoms with E-state index in [2.05, 4.69) is 43.5 Å². The zero-order valence-electron chi connectivity index (χ0n) is 55.9. The highest BCUT2D eigenvalue weighted by molar-refractivity contribution is 5.76. The molecule has 0 aliphatic carbocycles. The van der Waals surface area contributed by atoms with Gasteiger partial charge in [-0.25, -0.2) is 0 Å². The number of allylic oxidation sites excluding steroid dienone is 4. The van der Waals surface area contributed by atoms with Crippen LogP contribution in [0.3, 0.4) is 0 Å². The Labute approximate surface area is 510 Å². The number of carbonyl (C=O) groups excluding carboxylic acids is 1. The van der Waals surface area contributed by atoms with E-state index in [0.29, 0.717) is 12.8 Å². The summed E-state index contributed by atoms with van der Waals surface area (Å²) in [6, 6.07) is -0.535. The number of hydrogen-bond donors (Lipinski definition) is 3. The van der Waals surface area contributed by atoms with Gasteiger partial charge in [-0.2, -0.15) is 0 Å². The highest BCUT2D eigenvalue weighted by Gasteiger charge is 2.20. The Morgan fingerprint density at radius 3 is 0.741 bits per heavy atom. The molecule has 0 saturated heterocycles. The fourth-order valence-electron chi connectivity index (χ4n) is 12.5. The van der Waals surface area contributed by atoms with Gasteiger partial charge in [-0.3, -0.25) is 4.79 Å². The zero-order chi connectivity index (χ0) is 58.4. The molecule has 1 amide bonds. The molecule has 0 heterocycles. The third kappa shape index (κ3) is 69.5. The topological polar surface area (TPSA) is 69.6 Å². The molecule has 0 radical (unpaired) electrons. The second-order valence-corrected chi connectivity index (χ2v) is 26.4. The molecule has 81 heavy (non-hydrogen) atoms. The van der Waals surface area contributed by atoms with Crippen LogP contribution in [0.1, 0.15) is 444 Å². The summed E-state index contributed by atoms with van der Waals surface area (Å²) in [5.41, 5.74) is 0. The smallest absolute Gasteiger partial charge is 0.220 e. The van der Waals surface area contributed by atoms with Gasteiger partial charge < -0.3 is 15.5 Å². The molecule has 2 atom stereocenters. The Balaban J connectivity index is 3.35. The SMILES string of the molecule is CCCCCCC/C=C\C/C=C\CCCCCCCCCCCCCCCCCCCCCCCCCCCCCCCC(=O)NC(CO)C(O)CCCCCCCCCCCCCCCCCCCCCCCCCCCCCC. The van der Waals surface area contributed by atoms with Crippen LogP contribution in [0, 0.1) is 0 Å². The van der Waals surface area contributed by atoms with Gasteiger partial charge in [0.25, 0.3) is 0 Å². The van der Waals surface area contributed by atoms with Crippen LogP contribution in [-0.4, -0.2) is 34.9 Å². The van der Waals surface area contributed by atoms with E-state index in [9.17, 15) is 15.0 Å². The van der Waals surface area contributed by atoms with Crippen molar-refractivity contribution in [2.24, 2.45) is 0 Å². The summed E-state index contributed by atoms with van der Waals surface area (Å²) in [5.74, 6) is -0.0199. The summed E-state index contributed by atoms with van der Waals surface area (Å²) in [6.07, 6.45) is 99.9. The molecule has 3 N–H and O–H groups in total. The maximum Gasteiger partial charge on any atom is 0.220 e. The molecule has 0 bridgehead atoms. The summed E-state index contributed by atoms with van der Waals surface area (Å²) in [4.78, 5) is 12.6. The van der Waals surface area contributed by atoms with Gasteiger partial charge in [0.2, 0.25) is 5.91 Å². The third-order valence-electron chi connectivity index (χ3n) is 18.2. The van der Waals surface area contributed by atoms with Crippen molar-refractivity contribution >= 4 is 5.91 Å². The Kier molecular flexibility index (Phi) is 72.1. The number of aliphatic hydroxyl groups excluding tert-OH is 2. The van der Waals surface area contributed by atoms with Gasteiger partial charge in [-0.05, 0) is 44.9 Å². The molecule has 0 saturated carbocycles. The second kappa shape index (κ2) is 73.1. The highest BCUT2D eigenvalue weighted by atomic mass is 16.3. The van der Waals surface area contributed by atoms with Crippen molar-refractivity contribution in [3.63, 3.8) is 0 Å². The fourth-order valence-corrected chi connectivity index (χ4v) is 12.5. The fraction of sp³-hybridized carbons (Fsp3) is 0.935. The van der Waals surface area contributed by atoms with E-state index >= 15 is 0 Å². The summed E-state index contributed by atoms with van der Waals surface area (Å²) in [7, 11) is 0. The number of aliphatic hydroxyl groups is 2. The minimum atomic E-state index is -0.658. The van der Waals surface area contributed by atoms with E-state index in [1.807, 2.05) is 0 Å². The van der Waals surface area contributed by atoms with E-state index < -0.39 is 12.1 Å². The summed E-state index contributed by atoms with van der Waals surface area (Å²) in [6.45, 7) is 4.40. The van der Waals surface area contributed by atoms with Crippen LogP contribution in [-0.2, 0) is 4.79 Å². The minimum absolute atomic E-state index is 0.0199. The predicted molar refractivity (Wildman–Crippen MR) is 364 cm³/mol. The van der Waals surface area contributed by atoms with Gasteiger partial charge in [0.05, 0.1) is 18.8 Å². The molecule has 4 heteroatoms. The average Bonchev–Trinajstić information content (AvgIpc) is 3.47. The molecule has 0 spiro atoms. The lowest BCUT2D eigenvalue weighted by Crippen LogP contribution is -2.45. The van der Waals surface area contributed by atoms with Gasteiger partial charge >= 0.3 is 0 Å². The molecule has 0 rings (SSSR count). The summed E-state index contributed by atoms with van der Waals surface area (Å²) >= 11 is 0. The number of hydrogen-bond acceptors (Lipinski definition) is 3. The van der Waals surface area contributed by atoms with Crippen molar-refractivity contribution in [1.82, 2.24) is 5.32 Å². The molecule has 0 aromatic carbocycles. The summed E-state index contributed by atoms with van der Waals surface area (Å²) in [5, 5.41) is 23.5. The normalized spacial score (nSPS) is 12.7. The third-order valence-corrected chi connectivity index (χ3v) is 18.2. The largest absolute Gasteiger partial charge is 0.394 e. The van der Waals surface area contributed by atoms with Gasteiger partial charge in [0.15, 0.2) is 0 Å². The highest BCUT2D eigenvalue weighted by Crippen LogP contribution is 2.20. The van der Waals surface area contributed by atoms with Gasteiger partial charge in [0.1, 0.15) is 0 Å². The molecular formula is C77H151NO3. The number of unbranched alkanes of at least 4 members (excludes halogenated alkanes) is 61. The molecular weight excluding hydrogens is 987 g/mol. The monoisotopic (exact) mass is 1140 g/mol. The minimum Gasteiger partial charge on any atom is -0.394 e. The van der Waals surface area contributed by atoms with Crippen LogP contribution in [0.2, 0.25) is 0 Å². The lowest BCUT2D eigenvalue weighted by Gasteiger charge is -2.22. The Hall–Kier alpha value is -1.13. The van der Waals surface area contributed by atoms with Crippen LogP contribution in [0.25, 0.3) is 0 Å². The van der Waals surface area contributed by atoms with E-state index in [1.165, 1.54) is 385 Å². The Morgan fingerprint density at radius 1 is 0.296 bits per heavy atom. The van der Waals surface area contributed by atoms with Crippen molar-refractivity contribution < 1.29 is 15.0 Å². The van der Waals surface area contributed by atoms with Gasteiger partial charge in [-0.15, -0.1) is 0 Å². The molecule has 0 aliphatic rings. The van der Waals surface area contributed by atoms with Crippen LogP contribution in [0.5, 0.6) is 0 Å². The first-order chi connectivity index (χ1) is 40.2. The first-order valence-electron chi connectivity index (χ1n) is 38.0. The van der Waals surface area contributed by atoms with E-state index in [0.717, 1.165) is 32.1 Å². The van der Waals surface area contributed by atoms with Crippen molar-refractivity contribution in [2.75, 3.05) is 6.61 Å². The molecule has 2 unspecified atom stereocenters. The Morgan fingerprint density at radius 2 is 0.506 bits per heavy atom. The molecule has 0 aromatic heterocycles. The number of amides is 1. The molecule has 0 aliphatic heterocycles. The number of nitrogens with one attached hydrogen (secondary N) is 1. The predicted octanol–water partition coefficient (Wildman–Crippen LogP) is 26.1. The van der Waals surface area contributed by atoms with Crippen LogP contribution in [0.15, 0.2) is 24.3 Å². The lowest BCUT2D eigenvalue weighted by atomic mass is 10.0. The van der Waals surface area contributed by atoms with Gasteiger partial charge in [-0.1, -0.05) is 417 Å². The first kappa shape index (κ1) is 79.9. The first-order valence-corrected chi connectivity index (χ1v) is 38.0. The second-order valence-electron chi connectivity index (χ2n) is 26.4. The standard InChI is InChI=1S/C77H151NO3/c1-3-5-7-9-11-13-15-17-19-21-23-25-27-29-31-33-34-35-36-37-38-39-40-41-42-43-44-45-47-49-51-53-55-57-59-61-63-65-67-69-71-73-77(81)78-75(74-79)76(80)72-70-68-66-64-62-60-58-56-54-52-50-48-46-32-30-28-26-24-22-20-18-16-14-12-10-8-6-4-2/h15,17,21,23,75-76,79-80H,3-14,16,18-20,22,24-74H2,1-2H3,(H,78,81)/b17-15-,23-21-. The van der Waals surface area contributed by atoms with Crippen molar-refractivity contribution in [3.05, 3.63) is 24.3 Å². The van der Waals surface area contributed by atoms with Crippen LogP contribution in [0.4, 0.5) is 0 Å². The van der Waals surface area contributed by atoms with Crippen molar-refractivity contribution in [2.45, 2.75) is 456 Å². The molecule has 4 nitrogen and oxygen atoms in total. The lowest BCUT2D eigenvalue weighted by molar-refractivity contribution is -0.123. The van der Waals surface area contributed by atoms with E-state index in [4.69, 9.17) is 0 Å². The van der Waals surface area contributed by atoms with E-state index in [-0.39, 0.29) is 12.5 Å². The van der Waals surface area contributed by atoms with Crippen molar-refractivity contribution in [3.8, 4) is 0 Å². The maximum atomic E-state index is 12.6. The Bertz CT molecular complexity index is 1200. The molecule has 0 aromatic rings. The van der Waals surface area contributed by atoms with Gasteiger partial charge in [0, 0.05) is 6.42 Å².